The molecule has 21 heavy (non-hydrogen) atoms. The number of benzene rings is 1. The number of aliphatic hydroxyl groups is 1. The summed E-state index contributed by atoms with van der Waals surface area (Å²) in [5.74, 6) is -0.668. The molecule has 0 spiro atoms. The fourth-order valence-electron chi connectivity index (χ4n) is 1.60. The highest BCUT2D eigenvalue weighted by molar-refractivity contribution is 6.00. The molecule has 4 N–H and O–H groups in total. The first-order valence-corrected chi connectivity index (χ1v) is 6.00. The van der Waals surface area contributed by atoms with Crippen LogP contribution in [0.15, 0.2) is 12.1 Å². The van der Waals surface area contributed by atoms with Crippen LogP contribution in [0.1, 0.15) is 10.4 Å². The van der Waals surface area contributed by atoms with Gasteiger partial charge in [-0.15, -0.1) is 0 Å². The smallest absolute Gasteiger partial charge is 0.336 e. The van der Waals surface area contributed by atoms with E-state index in [1.165, 1.54) is 26.4 Å². The predicted octanol–water partition coefficient (Wildman–Crippen LogP) is -0.450. The fraction of sp³-hybridized carbons (Fsp3) is 0.385. The van der Waals surface area contributed by atoms with Gasteiger partial charge in [-0.2, -0.15) is 0 Å². The van der Waals surface area contributed by atoms with Crippen LogP contribution in [0.3, 0.4) is 0 Å². The Bertz CT molecular complexity index is 532. The molecule has 0 bridgehead atoms. The Morgan fingerprint density at radius 2 is 1.81 bits per heavy atom. The van der Waals surface area contributed by atoms with E-state index in [0.717, 1.165) is 7.11 Å². The number of rotatable bonds is 6. The van der Waals surface area contributed by atoms with Crippen LogP contribution in [0.4, 0.5) is 5.69 Å². The molecule has 1 aromatic carbocycles. The third-order valence-electron chi connectivity index (χ3n) is 2.73. The molecule has 0 radical (unpaired) electrons. The number of carbonyl (C=O) groups excluding carboxylic acids is 2. The first kappa shape index (κ1) is 16.6. The van der Waals surface area contributed by atoms with Crippen LogP contribution in [0.2, 0.25) is 0 Å². The molecule has 0 aliphatic rings. The molecule has 1 amide bonds. The summed E-state index contributed by atoms with van der Waals surface area (Å²) in [6, 6.07) is 2.86. The Labute approximate surface area is 121 Å². The zero-order valence-electron chi connectivity index (χ0n) is 12.0. The van der Waals surface area contributed by atoms with Crippen molar-refractivity contribution >= 4 is 17.6 Å². The maximum atomic E-state index is 12.0. The second-order valence-corrected chi connectivity index (χ2v) is 4.04. The highest BCUT2D eigenvalue weighted by Gasteiger charge is 2.19. The zero-order chi connectivity index (χ0) is 16.0. The molecule has 0 aliphatic heterocycles. The third kappa shape index (κ3) is 3.99. The van der Waals surface area contributed by atoms with Crippen molar-refractivity contribution in [2.75, 3.05) is 33.6 Å². The van der Waals surface area contributed by atoms with Gasteiger partial charge in [0.2, 0.25) is 0 Å². The molecule has 116 valence electrons. The van der Waals surface area contributed by atoms with E-state index in [2.05, 4.69) is 10.1 Å². The van der Waals surface area contributed by atoms with Crippen molar-refractivity contribution in [1.29, 1.82) is 0 Å². The number of amides is 1. The summed E-state index contributed by atoms with van der Waals surface area (Å²) in [6.07, 6.45) is -1.44. The molecule has 0 saturated heterocycles. The standard InChI is InChI=1S/C13H18N2O6/c1-19-10-4-7(8(14)5-11(10)20-2)12(17)15-6-9(16)13(18)21-3/h4-5,9,16H,6,14H2,1-3H3,(H,15,17). The van der Waals surface area contributed by atoms with E-state index < -0.39 is 18.0 Å². The number of methoxy groups -OCH3 is 3. The molecule has 8 heteroatoms. The lowest BCUT2D eigenvalue weighted by Gasteiger charge is -2.13. The number of nitrogen functional groups attached to an aromatic ring is 1. The molecule has 1 rings (SSSR count). The molecule has 1 unspecified atom stereocenters. The number of nitrogens with two attached hydrogens (primary N) is 1. The monoisotopic (exact) mass is 298 g/mol. The third-order valence-corrected chi connectivity index (χ3v) is 2.73. The molecule has 0 fully saturated rings. The van der Waals surface area contributed by atoms with Gasteiger partial charge in [0.05, 0.1) is 33.4 Å². The number of anilines is 1. The van der Waals surface area contributed by atoms with Crippen LogP contribution in [0.5, 0.6) is 11.5 Å². The predicted molar refractivity (Wildman–Crippen MR) is 74.3 cm³/mol. The van der Waals surface area contributed by atoms with Crippen molar-refractivity contribution in [3.8, 4) is 11.5 Å². The van der Waals surface area contributed by atoms with Gasteiger partial charge in [-0.25, -0.2) is 4.79 Å². The number of hydrogen-bond acceptors (Lipinski definition) is 7. The number of ether oxygens (including phenoxy) is 3. The minimum atomic E-state index is -1.44. The summed E-state index contributed by atoms with van der Waals surface area (Å²) in [7, 11) is 4.01. The molecule has 0 saturated carbocycles. The van der Waals surface area contributed by atoms with Crippen LogP contribution >= 0.6 is 0 Å². The minimum absolute atomic E-state index is 0.143. The van der Waals surface area contributed by atoms with Gasteiger partial charge in [0.1, 0.15) is 0 Å². The summed E-state index contributed by atoms with van der Waals surface area (Å²) in [5, 5.41) is 11.8. The molecule has 0 heterocycles. The van der Waals surface area contributed by atoms with Gasteiger partial charge in [-0.1, -0.05) is 0 Å². The number of esters is 1. The van der Waals surface area contributed by atoms with Crippen LogP contribution in [-0.4, -0.2) is 51.0 Å². The van der Waals surface area contributed by atoms with Gasteiger partial charge >= 0.3 is 5.97 Å². The lowest BCUT2D eigenvalue weighted by atomic mass is 10.1. The number of hydrogen-bond donors (Lipinski definition) is 3. The average Bonchev–Trinajstić information content (AvgIpc) is 2.50. The Morgan fingerprint density at radius 3 is 2.33 bits per heavy atom. The van der Waals surface area contributed by atoms with Crippen LogP contribution in [0, 0.1) is 0 Å². The van der Waals surface area contributed by atoms with Crippen molar-refractivity contribution in [2.24, 2.45) is 0 Å². The largest absolute Gasteiger partial charge is 0.493 e. The second kappa shape index (κ2) is 7.34. The molecule has 1 aromatic rings. The van der Waals surface area contributed by atoms with Crippen molar-refractivity contribution in [2.45, 2.75) is 6.10 Å². The number of nitrogens with one attached hydrogen (secondary N) is 1. The summed E-state index contributed by atoms with van der Waals surface area (Å²) >= 11 is 0. The summed E-state index contributed by atoms with van der Waals surface area (Å²) in [4.78, 5) is 23.0. The normalized spacial score (nSPS) is 11.4. The van der Waals surface area contributed by atoms with Gasteiger partial charge in [-0.05, 0) is 6.07 Å². The van der Waals surface area contributed by atoms with Crippen molar-refractivity contribution in [1.82, 2.24) is 5.32 Å². The first-order valence-electron chi connectivity index (χ1n) is 6.00. The van der Waals surface area contributed by atoms with Gasteiger partial charge in [0.25, 0.3) is 5.91 Å². The Kier molecular flexibility index (Phi) is 5.79. The van der Waals surface area contributed by atoms with Gasteiger partial charge in [0, 0.05) is 11.8 Å². The van der Waals surface area contributed by atoms with Crippen LogP contribution in [0.25, 0.3) is 0 Å². The molecule has 0 aromatic heterocycles. The summed E-state index contributed by atoms with van der Waals surface area (Å²) in [6.45, 7) is -0.292. The van der Waals surface area contributed by atoms with Crippen molar-refractivity contribution < 1.29 is 28.9 Å². The minimum Gasteiger partial charge on any atom is -0.493 e. The summed E-state index contributed by atoms with van der Waals surface area (Å²) < 4.78 is 14.5. The van der Waals surface area contributed by atoms with E-state index in [4.69, 9.17) is 15.2 Å². The maximum absolute atomic E-state index is 12.0. The Morgan fingerprint density at radius 1 is 1.24 bits per heavy atom. The summed E-state index contributed by atoms with van der Waals surface area (Å²) in [5.41, 5.74) is 6.08. The average molecular weight is 298 g/mol. The lowest BCUT2D eigenvalue weighted by molar-refractivity contribution is -0.149. The molecular weight excluding hydrogens is 280 g/mol. The van der Waals surface area contributed by atoms with Gasteiger partial charge in [0.15, 0.2) is 17.6 Å². The Hall–Kier alpha value is -2.48. The molecule has 1 atom stereocenters. The molecule has 0 aliphatic carbocycles. The number of aliphatic hydroxyl groups excluding tert-OH is 1. The highest BCUT2D eigenvalue weighted by Crippen LogP contribution is 2.31. The van der Waals surface area contributed by atoms with Crippen molar-refractivity contribution in [3.63, 3.8) is 0 Å². The molecular formula is C13H18N2O6. The first-order chi connectivity index (χ1) is 9.94. The van der Waals surface area contributed by atoms with E-state index in [1.54, 1.807) is 0 Å². The highest BCUT2D eigenvalue weighted by atomic mass is 16.5. The van der Waals surface area contributed by atoms with Gasteiger partial charge in [-0.3, -0.25) is 4.79 Å². The van der Waals surface area contributed by atoms with Crippen LogP contribution < -0.4 is 20.5 Å². The maximum Gasteiger partial charge on any atom is 0.336 e. The van der Waals surface area contributed by atoms with E-state index >= 15 is 0 Å². The van der Waals surface area contributed by atoms with E-state index in [-0.39, 0.29) is 17.8 Å². The van der Waals surface area contributed by atoms with E-state index in [0.29, 0.717) is 11.5 Å². The van der Waals surface area contributed by atoms with E-state index in [1.807, 2.05) is 0 Å². The van der Waals surface area contributed by atoms with Crippen LogP contribution in [-0.2, 0) is 9.53 Å². The lowest BCUT2D eigenvalue weighted by Crippen LogP contribution is -2.37. The SMILES string of the molecule is COC(=O)C(O)CNC(=O)c1cc(OC)c(OC)cc1N. The fourth-order valence-corrected chi connectivity index (χ4v) is 1.60. The quantitative estimate of drug-likeness (QED) is 0.480. The second-order valence-electron chi connectivity index (χ2n) is 4.04. The zero-order valence-corrected chi connectivity index (χ0v) is 12.0. The van der Waals surface area contributed by atoms with Crippen molar-refractivity contribution in [3.05, 3.63) is 17.7 Å². The molecule has 8 nitrogen and oxygen atoms in total. The topological polar surface area (TPSA) is 120 Å². The Balaban J connectivity index is 2.85. The van der Waals surface area contributed by atoms with Gasteiger partial charge < -0.3 is 30.4 Å². The van der Waals surface area contributed by atoms with E-state index in [9.17, 15) is 14.7 Å². The number of carbonyl (C=O) groups is 2.